The summed E-state index contributed by atoms with van der Waals surface area (Å²) in [5, 5.41) is 7.64. The Morgan fingerprint density at radius 3 is 2.48 bits per heavy atom. The van der Waals surface area contributed by atoms with Crippen LogP contribution in [-0.4, -0.2) is 25.2 Å². The van der Waals surface area contributed by atoms with Gasteiger partial charge in [-0.3, -0.25) is 0 Å². The Morgan fingerprint density at radius 1 is 1.14 bits per heavy atom. The van der Waals surface area contributed by atoms with Crippen LogP contribution >= 0.6 is 12.2 Å². The lowest BCUT2D eigenvalue weighted by molar-refractivity contribution is -0.872. The highest BCUT2D eigenvalue weighted by atomic mass is 32.1. The number of benzene rings is 1. The fraction of sp³-hybridized carbons (Fsp3) is 0.588. The predicted molar refractivity (Wildman–Crippen MR) is 92.4 cm³/mol. The summed E-state index contributed by atoms with van der Waals surface area (Å²) in [5.74, 6) is 0. The molecule has 116 valence electrons. The van der Waals surface area contributed by atoms with Gasteiger partial charge in [-0.15, -0.1) is 0 Å². The van der Waals surface area contributed by atoms with Crippen LogP contribution in [-0.2, 0) is 13.1 Å². The zero-order valence-electron chi connectivity index (χ0n) is 13.2. The van der Waals surface area contributed by atoms with Gasteiger partial charge in [0.25, 0.3) is 0 Å². The molecule has 1 aliphatic rings. The number of hydrogen-bond acceptors (Lipinski definition) is 1. The number of hydrogen-bond donors (Lipinski definition) is 3. The minimum absolute atomic E-state index is 0.570. The van der Waals surface area contributed by atoms with Crippen molar-refractivity contribution in [3.63, 3.8) is 0 Å². The maximum atomic E-state index is 5.44. The zero-order valence-corrected chi connectivity index (χ0v) is 14.1. The molecule has 1 aromatic rings. The molecule has 3 N–H and O–H groups in total. The van der Waals surface area contributed by atoms with E-state index in [1.807, 2.05) is 0 Å². The summed E-state index contributed by atoms with van der Waals surface area (Å²) < 4.78 is 0. The van der Waals surface area contributed by atoms with Gasteiger partial charge in [0.2, 0.25) is 0 Å². The van der Waals surface area contributed by atoms with Gasteiger partial charge >= 0.3 is 0 Å². The number of thiocarbonyl (C=S) groups is 1. The molecule has 0 aliphatic heterocycles. The Bertz CT molecular complexity index is 453. The summed E-state index contributed by atoms with van der Waals surface area (Å²) in [4.78, 5) is 1.44. The van der Waals surface area contributed by atoms with E-state index < -0.39 is 0 Å². The highest BCUT2D eigenvalue weighted by Crippen LogP contribution is 2.17. The predicted octanol–water partition coefficient (Wildman–Crippen LogP) is 1.63. The van der Waals surface area contributed by atoms with Crippen LogP contribution in [0.4, 0.5) is 0 Å². The first-order valence-electron chi connectivity index (χ1n) is 8.05. The fourth-order valence-corrected chi connectivity index (χ4v) is 3.18. The Balaban J connectivity index is 1.83. The summed E-state index contributed by atoms with van der Waals surface area (Å²) >= 11 is 5.44. The van der Waals surface area contributed by atoms with Gasteiger partial charge in [0.15, 0.2) is 5.11 Å². The first-order chi connectivity index (χ1) is 10.1. The highest BCUT2D eigenvalue weighted by Gasteiger charge is 2.14. The van der Waals surface area contributed by atoms with E-state index in [-0.39, 0.29) is 0 Å². The normalized spacial score (nSPS) is 16.0. The Labute approximate surface area is 134 Å². The number of quaternary nitrogens is 1. The van der Waals surface area contributed by atoms with E-state index in [0.717, 1.165) is 18.2 Å². The van der Waals surface area contributed by atoms with Crippen LogP contribution in [0.3, 0.4) is 0 Å². The summed E-state index contributed by atoms with van der Waals surface area (Å²) in [6.07, 6.45) is 6.53. The molecule has 2 rings (SSSR count). The standard InChI is InChI=1S/C17H27N3S/c1-20(2)13-15-9-7-6-8-14(15)12-18-17(21)19-16-10-4-3-5-11-16/h6-9,16H,3-5,10-13H2,1-2H3,(H2,18,19,21)/p+1. The van der Waals surface area contributed by atoms with Gasteiger partial charge in [0.05, 0.1) is 14.1 Å². The van der Waals surface area contributed by atoms with Gasteiger partial charge in [-0.1, -0.05) is 43.5 Å². The van der Waals surface area contributed by atoms with Crippen molar-refractivity contribution in [2.45, 2.75) is 51.2 Å². The quantitative estimate of drug-likeness (QED) is 0.722. The average Bonchev–Trinajstić information content (AvgIpc) is 2.47. The molecule has 0 saturated heterocycles. The second kappa shape index (κ2) is 8.35. The molecule has 0 radical (unpaired) electrons. The molecule has 0 aromatic heterocycles. The van der Waals surface area contributed by atoms with Crippen molar-refractivity contribution in [1.82, 2.24) is 10.6 Å². The van der Waals surface area contributed by atoms with Crippen molar-refractivity contribution < 1.29 is 4.90 Å². The van der Waals surface area contributed by atoms with Crippen molar-refractivity contribution in [3.8, 4) is 0 Å². The van der Waals surface area contributed by atoms with E-state index in [1.54, 1.807) is 0 Å². The van der Waals surface area contributed by atoms with Crippen LogP contribution in [0.5, 0.6) is 0 Å². The average molecular weight is 306 g/mol. The Morgan fingerprint density at radius 2 is 1.81 bits per heavy atom. The lowest BCUT2D eigenvalue weighted by atomic mass is 9.96. The van der Waals surface area contributed by atoms with Gasteiger partial charge in [0, 0.05) is 18.2 Å². The van der Waals surface area contributed by atoms with Crippen molar-refractivity contribution in [3.05, 3.63) is 35.4 Å². The largest absolute Gasteiger partial charge is 0.360 e. The van der Waals surface area contributed by atoms with Gasteiger partial charge in [-0.25, -0.2) is 0 Å². The third kappa shape index (κ3) is 5.64. The van der Waals surface area contributed by atoms with E-state index in [4.69, 9.17) is 12.2 Å². The number of rotatable bonds is 5. The highest BCUT2D eigenvalue weighted by molar-refractivity contribution is 7.80. The minimum Gasteiger partial charge on any atom is -0.360 e. The maximum absolute atomic E-state index is 5.44. The van der Waals surface area contributed by atoms with Crippen molar-refractivity contribution in [2.24, 2.45) is 0 Å². The molecule has 0 unspecified atom stereocenters. The maximum Gasteiger partial charge on any atom is 0.166 e. The fourth-order valence-electron chi connectivity index (χ4n) is 2.94. The van der Waals surface area contributed by atoms with Crippen LogP contribution in [0.1, 0.15) is 43.2 Å². The van der Waals surface area contributed by atoms with Crippen molar-refractivity contribution in [1.29, 1.82) is 0 Å². The third-order valence-corrected chi connectivity index (χ3v) is 4.30. The van der Waals surface area contributed by atoms with Crippen molar-refractivity contribution >= 4 is 17.3 Å². The van der Waals surface area contributed by atoms with Crippen molar-refractivity contribution in [2.75, 3.05) is 14.1 Å². The third-order valence-electron chi connectivity index (χ3n) is 4.04. The Hall–Kier alpha value is -1.13. The van der Waals surface area contributed by atoms with Crippen LogP contribution in [0.15, 0.2) is 24.3 Å². The van der Waals surface area contributed by atoms with Crippen LogP contribution in [0.25, 0.3) is 0 Å². The SMILES string of the molecule is C[NH+](C)Cc1ccccc1CNC(=S)NC1CCCCC1. The summed E-state index contributed by atoms with van der Waals surface area (Å²) in [6.45, 7) is 1.85. The van der Waals surface area contributed by atoms with Crippen LogP contribution in [0.2, 0.25) is 0 Å². The molecule has 0 atom stereocenters. The summed E-state index contributed by atoms with van der Waals surface area (Å²) in [7, 11) is 4.36. The molecule has 1 fully saturated rings. The molecule has 21 heavy (non-hydrogen) atoms. The molecule has 1 aliphatic carbocycles. The van der Waals surface area contributed by atoms with Gasteiger partial charge in [-0.2, -0.15) is 0 Å². The van der Waals surface area contributed by atoms with E-state index in [0.29, 0.717) is 6.04 Å². The molecule has 0 amide bonds. The minimum atomic E-state index is 0.570. The molecule has 1 saturated carbocycles. The molecule has 0 spiro atoms. The summed E-state index contributed by atoms with van der Waals surface area (Å²) in [6, 6.07) is 9.18. The Kier molecular flexibility index (Phi) is 6.46. The lowest BCUT2D eigenvalue weighted by Gasteiger charge is -2.24. The molecule has 1 aromatic carbocycles. The smallest absolute Gasteiger partial charge is 0.166 e. The first kappa shape index (κ1) is 16.2. The van der Waals surface area contributed by atoms with Gasteiger partial charge < -0.3 is 15.5 Å². The van der Waals surface area contributed by atoms with Crippen LogP contribution in [0, 0.1) is 0 Å². The molecule has 0 bridgehead atoms. The topological polar surface area (TPSA) is 28.5 Å². The van der Waals surface area contributed by atoms with Gasteiger partial charge in [0.1, 0.15) is 6.54 Å². The van der Waals surface area contributed by atoms with Crippen LogP contribution < -0.4 is 15.5 Å². The lowest BCUT2D eigenvalue weighted by Crippen LogP contribution is -3.04. The molecule has 3 nitrogen and oxygen atoms in total. The monoisotopic (exact) mass is 306 g/mol. The van der Waals surface area contributed by atoms with Gasteiger partial charge in [-0.05, 0) is 30.6 Å². The van der Waals surface area contributed by atoms with E-state index in [1.165, 1.54) is 48.1 Å². The van der Waals surface area contributed by atoms with E-state index in [2.05, 4.69) is 49.0 Å². The van der Waals surface area contributed by atoms with E-state index in [9.17, 15) is 0 Å². The van der Waals surface area contributed by atoms with E-state index >= 15 is 0 Å². The molecule has 0 heterocycles. The molecular formula is C17H28N3S+. The first-order valence-corrected chi connectivity index (χ1v) is 8.46. The zero-order chi connectivity index (χ0) is 15.1. The number of nitrogens with one attached hydrogen (secondary N) is 3. The second-order valence-corrected chi connectivity index (χ2v) is 6.72. The second-order valence-electron chi connectivity index (χ2n) is 6.31. The molecular weight excluding hydrogens is 278 g/mol. The molecule has 4 heteroatoms. The summed E-state index contributed by atoms with van der Waals surface area (Å²) in [5.41, 5.74) is 2.73.